The Kier molecular flexibility index (Phi) is 3.93. The van der Waals surface area contributed by atoms with Crippen LogP contribution in [0.25, 0.3) is 0 Å². The molecule has 2 rings (SSSR count). The Morgan fingerprint density at radius 1 is 1.41 bits per heavy atom. The average Bonchev–Trinajstić information content (AvgIpc) is 2.78. The van der Waals surface area contributed by atoms with Crippen molar-refractivity contribution in [1.29, 1.82) is 0 Å². The van der Waals surface area contributed by atoms with Gasteiger partial charge in [-0.3, -0.25) is 0 Å². The summed E-state index contributed by atoms with van der Waals surface area (Å²) >= 11 is 3.05. The van der Waals surface area contributed by atoms with E-state index < -0.39 is 0 Å². The van der Waals surface area contributed by atoms with Crippen molar-refractivity contribution in [3.8, 4) is 0 Å². The molecule has 0 fully saturated rings. The second-order valence-corrected chi connectivity index (χ2v) is 5.78. The van der Waals surface area contributed by atoms with Crippen molar-refractivity contribution in [1.82, 2.24) is 15.2 Å². The van der Waals surface area contributed by atoms with Crippen molar-refractivity contribution in [2.24, 2.45) is 5.73 Å². The van der Waals surface area contributed by atoms with E-state index in [2.05, 4.69) is 15.2 Å². The minimum atomic E-state index is 0.523. The van der Waals surface area contributed by atoms with Gasteiger partial charge in [0.15, 0.2) is 4.34 Å². The zero-order chi connectivity index (χ0) is 12.3. The van der Waals surface area contributed by atoms with Crippen molar-refractivity contribution < 1.29 is 0 Å². The third-order valence-corrected chi connectivity index (χ3v) is 4.08. The Hall–Kier alpha value is -1.18. The first-order valence-corrected chi connectivity index (χ1v) is 6.66. The molecule has 2 N–H and O–H groups in total. The van der Waals surface area contributed by atoms with Gasteiger partial charge in [0.2, 0.25) is 5.13 Å². The van der Waals surface area contributed by atoms with Crippen LogP contribution in [-0.4, -0.2) is 29.3 Å². The Bertz CT molecular complexity index is 497. The SMILES string of the molecule is CN(C)c1nnc(Sc2cc(CN)ccn2)s1. The van der Waals surface area contributed by atoms with Gasteiger partial charge in [0.25, 0.3) is 0 Å². The third kappa shape index (κ3) is 3.15. The van der Waals surface area contributed by atoms with Crippen LogP contribution in [-0.2, 0) is 6.54 Å². The number of nitrogens with zero attached hydrogens (tertiary/aromatic N) is 4. The zero-order valence-electron chi connectivity index (χ0n) is 9.62. The average molecular weight is 267 g/mol. The largest absolute Gasteiger partial charge is 0.353 e. The number of pyridine rings is 1. The summed E-state index contributed by atoms with van der Waals surface area (Å²) in [4.78, 5) is 6.21. The van der Waals surface area contributed by atoms with Gasteiger partial charge in [-0.1, -0.05) is 11.3 Å². The van der Waals surface area contributed by atoms with Gasteiger partial charge in [0.05, 0.1) is 0 Å². The summed E-state index contributed by atoms with van der Waals surface area (Å²) in [6, 6.07) is 3.89. The van der Waals surface area contributed by atoms with Crippen molar-refractivity contribution in [2.75, 3.05) is 19.0 Å². The molecule has 0 amide bonds. The van der Waals surface area contributed by atoms with Gasteiger partial charge in [0.1, 0.15) is 5.03 Å². The normalized spacial score (nSPS) is 10.5. The molecule has 5 nitrogen and oxygen atoms in total. The fourth-order valence-electron chi connectivity index (χ4n) is 1.15. The highest BCUT2D eigenvalue weighted by atomic mass is 32.2. The summed E-state index contributed by atoms with van der Waals surface area (Å²) < 4.78 is 0.885. The van der Waals surface area contributed by atoms with Crippen molar-refractivity contribution in [2.45, 2.75) is 15.9 Å². The first-order valence-electron chi connectivity index (χ1n) is 5.02. The third-order valence-electron chi connectivity index (χ3n) is 2.01. The molecule has 0 bridgehead atoms. The number of hydrogen-bond donors (Lipinski definition) is 1. The lowest BCUT2D eigenvalue weighted by atomic mass is 10.3. The van der Waals surface area contributed by atoms with E-state index in [0.29, 0.717) is 6.54 Å². The molecule has 0 aliphatic carbocycles. The van der Waals surface area contributed by atoms with Crippen LogP contribution in [0.5, 0.6) is 0 Å². The lowest BCUT2D eigenvalue weighted by Crippen LogP contribution is -2.07. The van der Waals surface area contributed by atoms with Crippen molar-refractivity contribution in [3.05, 3.63) is 23.9 Å². The monoisotopic (exact) mass is 267 g/mol. The number of hydrogen-bond acceptors (Lipinski definition) is 7. The molecular weight excluding hydrogens is 254 g/mol. The molecule has 90 valence electrons. The molecule has 0 radical (unpaired) electrons. The van der Waals surface area contributed by atoms with Crippen LogP contribution in [0.2, 0.25) is 0 Å². The first-order chi connectivity index (χ1) is 8.19. The van der Waals surface area contributed by atoms with E-state index in [-0.39, 0.29) is 0 Å². The molecule has 0 aliphatic rings. The van der Waals surface area contributed by atoms with Gasteiger partial charge in [0, 0.05) is 26.8 Å². The predicted molar refractivity (Wildman–Crippen MR) is 70.5 cm³/mol. The summed E-state index contributed by atoms with van der Waals surface area (Å²) in [5.74, 6) is 0. The van der Waals surface area contributed by atoms with E-state index in [4.69, 9.17) is 5.73 Å². The minimum Gasteiger partial charge on any atom is -0.353 e. The van der Waals surface area contributed by atoms with Crippen LogP contribution >= 0.6 is 23.1 Å². The number of rotatable bonds is 4. The molecule has 0 saturated carbocycles. The molecule has 0 aromatic carbocycles. The fourth-order valence-corrected chi connectivity index (χ4v) is 2.88. The first kappa shape index (κ1) is 12.3. The van der Waals surface area contributed by atoms with Gasteiger partial charge < -0.3 is 10.6 Å². The van der Waals surface area contributed by atoms with Gasteiger partial charge in [-0.15, -0.1) is 10.2 Å². The number of nitrogens with two attached hydrogens (primary N) is 1. The van der Waals surface area contributed by atoms with Gasteiger partial charge in [-0.05, 0) is 29.5 Å². The summed E-state index contributed by atoms with van der Waals surface area (Å²) in [6.45, 7) is 0.523. The fraction of sp³-hybridized carbons (Fsp3) is 0.300. The highest BCUT2D eigenvalue weighted by molar-refractivity contribution is 8.01. The molecular formula is C10H13N5S2. The molecule has 7 heteroatoms. The molecule has 17 heavy (non-hydrogen) atoms. The second kappa shape index (κ2) is 5.44. The number of anilines is 1. The van der Waals surface area contributed by atoms with E-state index in [1.807, 2.05) is 31.1 Å². The standard InChI is InChI=1S/C10H13N5S2/c1-15(2)9-13-14-10(17-9)16-8-5-7(6-11)3-4-12-8/h3-5H,6,11H2,1-2H3. The minimum absolute atomic E-state index is 0.523. The molecule has 2 heterocycles. The highest BCUT2D eigenvalue weighted by Gasteiger charge is 2.08. The molecule has 0 unspecified atom stereocenters. The topological polar surface area (TPSA) is 67.9 Å². The summed E-state index contributed by atoms with van der Waals surface area (Å²) in [5.41, 5.74) is 6.66. The number of aromatic nitrogens is 3. The van der Waals surface area contributed by atoms with Crippen LogP contribution in [0.4, 0.5) is 5.13 Å². The van der Waals surface area contributed by atoms with Crippen LogP contribution in [0, 0.1) is 0 Å². The predicted octanol–water partition coefficient (Wildman–Crippen LogP) is 1.61. The Morgan fingerprint density at radius 3 is 2.88 bits per heavy atom. The molecule has 0 aliphatic heterocycles. The van der Waals surface area contributed by atoms with Crippen LogP contribution in [0.3, 0.4) is 0 Å². The van der Waals surface area contributed by atoms with Crippen LogP contribution < -0.4 is 10.6 Å². The maximum Gasteiger partial charge on any atom is 0.208 e. The van der Waals surface area contributed by atoms with E-state index >= 15 is 0 Å². The van der Waals surface area contributed by atoms with Crippen LogP contribution in [0.15, 0.2) is 27.7 Å². The Labute approximate surface area is 108 Å². The Morgan fingerprint density at radius 2 is 2.24 bits per heavy atom. The summed E-state index contributed by atoms with van der Waals surface area (Å²) in [5, 5.41) is 9.97. The lowest BCUT2D eigenvalue weighted by Gasteiger charge is -2.03. The molecule has 0 atom stereocenters. The van der Waals surface area contributed by atoms with E-state index in [9.17, 15) is 0 Å². The zero-order valence-corrected chi connectivity index (χ0v) is 11.3. The highest BCUT2D eigenvalue weighted by Crippen LogP contribution is 2.31. The van der Waals surface area contributed by atoms with Crippen LogP contribution in [0.1, 0.15) is 5.56 Å². The van der Waals surface area contributed by atoms with E-state index in [1.54, 1.807) is 17.5 Å². The maximum atomic E-state index is 5.59. The van der Waals surface area contributed by atoms with E-state index in [1.165, 1.54) is 11.8 Å². The molecule has 0 saturated heterocycles. The smallest absolute Gasteiger partial charge is 0.208 e. The molecule has 0 spiro atoms. The summed E-state index contributed by atoms with van der Waals surface area (Å²) in [6.07, 6.45) is 1.76. The molecule has 2 aromatic rings. The second-order valence-electron chi connectivity index (χ2n) is 3.55. The van der Waals surface area contributed by atoms with Crippen molar-refractivity contribution >= 4 is 28.2 Å². The lowest BCUT2D eigenvalue weighted by molar-refractivity contribution is 0.968. The van der Waals surface area contributed by atoms with Crippen molar-refractivity contribution in [3.63, 3.8) is 0 Å². The Balaban J connectivity index is 2.13. The quantitative estimate of drug-likeness (QED) is 0.907. The van der Waals surface area contributed by atoms with Gasteiger partial charge in [-0.25, -0.2) is 4.98 Å². The van der Waals surface area contributed by atoms with Gasteiger partial charge in [-0.2, -0.15) is 0 Å². The maximum absolute atomic E-state index is 5.59. The van der Waals surface area contributed by atoms with Gasteiger partial charge >= 0.3 is 0 Å². The van der Waals surface area contributed by atoms with E-state index in [0.717, 1.165) is 20.1 Å². The summed E-state index contributed by atoms with van der Waals surface area (Å²) in [7, 11) is 3.89. The molecule has 2 aromatic heterocycles.